The van der Waals surface area contributed by atoms with Gasteiger partial charge < -0.3 is 5.32 Å². The van der Waals surface area contributed by atoms with Crippen molar-refractivity contribution < 1.29 is 0 Å². The number of aryl methyl sites for hydroxylation is 1. The number of anilines is 1. The predicted octanol–water partition coefficient (Wildman–Crippen LogP) is 3.71. The molecule has 2 rings (SSSR count). The van der Waals surface area contributed by atoms with Crippen LogP contribution in [0.15, 0.2) is 47.7 Å². The second-order valence-electron chi connectivity index (χ2n) is 4.42. The molecule has 1 aromatic heterocycles. The molecule has 21 heavy (non-hydrogen) atoms. The van der Waals surface area contributed by atoms with Crippen LogP contribution in [0.5, 0.6) is 0 Å². The van der Waals surface area contributed by atoms with Crippen LogP contribution >= 0.6 is 23.8 Å². The first kappa shape index (κ1) is 15.4. The Morgan fingerprint density at radius 1 is 1.38 bits per heavy atom. The molecule has 0 unspecified atom stereocenters. The summed E-state index contributed by atoms with van der Waals surface area (Å²) in [6.45, 7) is 1.95. The van der Waals surface area contributed by atoms with E-state index in [1.54, 1.807) is 24.5 Å². The van der Waals surface area contributed by atoms with Gasteiger partial charge >= 0.3 is 0 Å². The molecular weight excluding hydrogens is 304 g/mol. The highest BCUT2D eigenvalue weighted by atomic mass is 35.5. The number of hydrogen-bond acceptors (Lipinski definition) is 3. The summed E-state index contributed by atoms with van der Waals surface area (Å²) in [7, 11) is 1.77. The number of aromatic nitrogens is 1. The molecule has 4 nitrogen and oxygen atoms in total. The number of pyridine rings is 1. The van der Waals surface area contributed by atoms with Gasteiger partial charge in [-0.1, -0.05) is 23.7 Å². The maximum atomic E-state index is 6.08. The summed E-state index contributed by atoms with van der Waals surface area (Å²) in [5.74, 6) is 0. The molecule has 0 aliphatic heterocycles. The van der Waals surface area contributed by atoms with Gasteiger partial charge in [0.1, 0.15) is 0 Å². The van der Waals surface area contributed by atoms with Crippen LogP contribution in [-0.4, -0.2) is 28.4 Å². The van der Waals surface area contributed by atoms with Crippen LogP contribution in [0.4, 0.5) is 5.69 Å². The second kappa shape index (κ2) is 7.15. The quantitative estimate of drug-likeness (QED) is 0.532. The van der Waals surface area contributed by atoms with Crippen molar-refractivity contribution in [1.82, 2.24) is 9.99 Å². The molecule has 0 amide bonds. The highest BCUT2D eigenvalue weighted by Gasteiger charge is 2.04. The fourth-order valence-electron chi connectivity index (χ4n) is 1.53. The van der Waals surface area contributed by atoms with Crippen LogP contribution in [0, 0.1) is 6.92 Å². The summed E-state index contributed by atoms with van der Waals surface area (Å²) in [6, 6.07) is 11.3. The fourth-order valence-corrected chi connectivity index (χ4v) is 1.87. The number of rotatable bonds is 3. The van der Waals surface area contributed by atoms with E-state index in [-0.39, 0.29) is 0 Å². The molecule has 0 aliphatic rings. The molecular formula is C15H15ClN4S. The Morgan fingerprint density at radius 3 is 2.86 bits per heavy atom. The standard InChI is InChI=1S/C15H15ClN4S/c1-11-6-7-12(9-14(11)16)19-15(21)20(2)18-10-13-5-3-4-8-17-13/h3-10H,1-2H3,(H,19,21)/b18-10+. The molecule has 0 saturated heterocycles. The Kier molecular flexibility index (Phi) is 5.25. The third-order valence-electron chi connectivity index (χ3n) is 2.77. The maximum absolute atomic E-state index is 6.08. The molecule has 0 atom stereocenters. The molecule has 2 aromatic rings. The van der Waals surface area contributed by atoms with Gasteiger partial charge in [-0.05, 0) is 49.0 Å². The monoisotopic (exact) mass is 318 g/mol. The third-order valence-corrected chi connectivity index (χ3v) is 3.54. The van der Waals surface area contributed by atoms with Crippen LogP contribution in [0.25, 0.3) is 0 Å². The van der Waals surface area contributed by atoms with Crippen molar-refractivity contribution in [3.8, 4) is 0 Å². The van der Waals surface area contributed by atoms with Gasteiger partial charge in [-0.2, -0.15) is 5.10 Å². The first-order valence-corrected chi connectivity index (χ1v) is 7.11. The molecule has 0 saturated carbocycles. The van der Waals surface area contributed by atoms with E-state index in [9.17, 15) is 0 Å². The molecule has 6 heteroatoms. The first-order valence-electron chi connectivity index (χ1n) is 6.32. The molecule has 0 spiro atoms. The average Bonchev–Trinajstić information content (AvgIpc) is 2.49. The van der Waals surface area contributed by atoms with Crippen molar-refractivity contribution in [1.29, 1.82) is 0 Å². The number of hydrogen-bond donors (Lipinski definition) is 1. The number of benzene rings is 1. The molecule has 1 heterocycles. The van der Waals surface area contributed by atoms with Crippen molar-refractivity contribution in [2.75, 3.05) is 12.4 Å². The van der Waals surface area contributed by atoms with Gasteiger partial charge in [0.15, 0.2) is 5.11 Å². The van der Waals surface area contributed by atoms with E-state index in [2.05, 4.69) is 15.4 Å². The number of nitrogens with zero attached hydrogens (tertiary/aromatic N) is 3. The molecule has 0 bridgehead atoms. The zero-order valence-corrected chi connectivity index (χ0v) is 13.3. The second-order valence-corrected chi connectivity index (χ2v) is 5.21. The minimum absolute atomic E-state index is 0.474. The summed E-state index contributed by atoms with van der Waals surface area (Å²) < 4.78 is 0. The summed E-state index contributed by atoms with van der Waals surface area (Å²) in [5, 5.41) is 10.1. The molecule has 1 N–H and O–H groups in total. The van der Waals surface area contributed by atoms with Crippen molar-refractivity contribution in [3.05, 3.63) is 58.9 Å². The molecule has 0 radical (unpaired) electrons. The van der Waals surface area contributed by atoms with Crippen molar-refractivity contribution in [3.63, 3.8) is 0 Å². The third kappa shape index (κ3) is 4.51. The number of hydrazone groups is 1. The maximum Gasteiger partial charge on any atom is 0.193 e. The van der Waals surface area contributed by atoms with Crippen molar-refractivity contribution in [2.24, 2.45) is 5.10 Å². The topological polar surface area (TPSA) is 40.5 Å². The lowest BCUT2D eigenvalue weighted by Crippen LogP contribution is -2.26. The van der Waals surface area contributed by atoms with Crippen LogP contribution in [0.2, 0.25) is 5.02 Å². The van der Waals surface area contributed by atoms with Crippen LogP contribution in [0.1, 0.15) is 11.3 Å². The van der Waals surface area contributed by atoms with E-state index >= 15 is 0 Å². The summed E-state index contributed by atoms with van der Waals surface area (Å²) in [6.07, 6.45) is 3.36. The Hall–Kier alpha value is -1.98. The van der Waals surface area contributed by atoms with Gasteiger partial charge in [0.25, 0.3) is 0 Å². The highest BCUT2D eigenvalue weighted by molar-refractivity contribution is 7.80. The largest absolute Gasteiger partial charge is 0.331 e. The first-order chi connectivity index (χ1) is 10.1. The lowest BCUT2D eigenvalue weighted by Gasteiger charge is -2.16. The smallest absolute Gasteiger partial charge is 0.193 e. The zero-order valence-electron chi connectivity index (χ0n) is 11.7. The summed E-state index contributed by atoms with van der Waals surface area (Å²) >= 11 is 11.4. The van der Waals surface area contributed by atoms with Gasteiger partial charge in [0.2, 0.25) is 0 Å². The number of thiocarbonyl (C=S) groups is 1. The van der Waals surface area contributed by atoms with Gasteiger partial charge in [0, 0.05) is 24.0 Å². The Bertz CT molecular complexity index is 658. The SMILES string of the molecule is Cc1ccc(NC(=S)N(C)/N=C/c2ccccn2)cc1Cl. The molecule has 0 aliphatic carbocycles. The van der Waals surface area contributed by atoms with Crippen molar-refractivity contribution >= 4 is 40.8 Å². The van der Waals surface area contributed by atoms with E-state index in [1.165, 1.54) is 0 Å². The number of halogens is 1. The van der Waals surface area contributed by atoms with Gasteiger partial charge in [0.05, 0.1) is 11.9 Å². The Labute approximate surface area is 134 Å². The highest BCUT2D eigenvalue weighted by Crippen LogP contribution is 2.20. The lowest BCUT2D eigenvalue weighted by molar-refractivity contribution is 0.556. The van der Waals surface area contributed by atoms with Crippen LogP contribution in [-0.2, 0) is 0 Å². The van der Waals surface area contributed by atoms with E-state index in [0.717, 1.165) is 16.9 Å². The predicted molar refractivity (Wildman–Crippen MR) is 92.0 cm³/mol. The fraction of sp³-hybridized carbons (Fsp3) is 0.133. The summed E-state index contributed by atoms with van der Waals surface area (Å²) in [4.78, 5) is 4.16. The van der Waals surface area contributed by atoms with Gasteiger partial charge in [-0.25, -0.2) is 5.01 Å². The lowest BCUT2D eigenvalue weighted by atomic mass is 10.2. The normalized spacial score (nSPS) is 10.6. The van der Waals surface area contributed by atoms with Gasteiger partial charge in [-0.15, -0.1) is 0 Å². The molecule has 0 fully saturated rings. The minimum Gasteiger partial charge on any atom is -0.331 e. The van der Waals surface area contributed by atoms with Crippen molar-refractivity contribution in [2.45, 2.75) is 6.92 Å². The molecule has 108 valence electrons. The molecule has 1 aromatic carbocycles. The van der Waals surface area contributed by atoms with E-state index in [1.807, 2.05) is 43.3 Å². The zero-order chi connectivity index (χ0) is 15.2. The van der Waals surface area contributed by atoms with E-state index < -0.39 is 0 Å². The van der Waals surface area contributed by atoms with Crippen LogP contribution in [0.3, 0.4) is 0 Å². The average molecular weight is 319 g/mol. The summed E-state index contributed by atoms with van der Waals surface area (Å²) in [5.41, 5.74) is 2.62. The van der Waals surface area contributed by atoms with Gasteiger partial charge in [-0.3, -0.25) is 4.98 Å². The van der Waals surface area contributed by atoms with E-state index in [4.69, 9.17) is 23.8 Å². The Balaban J connectivity index is 1.99. The Morgan fingerprint density at radius 2 is 2.19 bits per heavy atom. The number of nitrogens with one attached hydrogen (secondary N) is 1. The van der Waals surface area contributed by atoms with E-state index in [0.29, 0.717) is 10.1 Å². The minimum atomic E-state index is 0.474. The van der Waals surface area contributed by atoms with Crippen LogP contribution < -0.4 is 5.32 Å².